The first kappa shape index (κ1) is 29.7. The van der Waals surface area contributed by atoms with Crippen LogP contribution in [-0.2, 0) is 11.2 Å². The highest BCUT2D eigenvalue weighted by atomic mass is 32.2. The zero-order valence-corrected chi connectivity index (χ0v) is 24.7. The number of nitrogens with zero attached hydrogens (tertiary/aromatic N) is 3. The number of carbonyl (C=O) groups excluding carboxylic acids is 1. The van der Waals surface area contributed by atoms with Gasteiger partial charge in [0.15, 0.2) is 23.0 Å². The number of aromatic nitrogens is 3. The number of amides is 1. The average molecular weight is 575 g/mol. The standard InChI is InChI=1S/C31H34N4O5S/c1-6-20-11-9-10-12-23(20)32-28(36)19-41-31-33-29(21-13-15-24(39-7-2)26(17-21)37-4)30(34-35-31)22-14-16-25(40-8-3)27(18-22)38-5/h9-18H,6-8,19H2,1-5H3,(H,32,36). The molecule has 10 heteroatoms. The lowest BCUT2D eigenvalue weighted by Crippen LogP contribution is -2.15. The summed E-state index contributed by atoms with van der Waals surface area (Å²) in [5.74, 6) is 2.38. The summed E-state index contributed by atoms with van der Waals surface area (Å²) in [4.78, 5) is 17.6. The largest absolute Gasteiger partial charge is 0.493 e. The van der Waals surface area contributed by atoms with Crippen LogP contribution in [0.15, 0.2) is 65.8 Å². The van der Waals surface area contributed by atoms with Crippen molar-refractivity contribution in [3.05, 3.63) is 66.2 Å². The summed E-state index contributed by atoms with van der Waals surface area (Å²) in [5, 5.41) is 12.3. The summed E-state index contributed by atoms with van der Waals surface area (Å²) in [6.07, 6.45) is 0.823. The van der Waals surface area contributed by atoms with E-state index in [0.29, 0.717) is 52.8 Å². The molecule has 0 saturated heterocycles. The van der Waals surface area contributed by atoms with Crippen LogP contribution in [0, 0.1) is 0 Å². The number of methoxy groups -OCH3 is 2. The third-order valence-corrected chi connectivity index (χ3v) is 6.98. The summed E-state index contributed by atoms with van der Waals surface area (Å²) in [5.41, 5.74) is 4.51. The van der Waals surface area contributed by atoms with Crippen molar-refractivity contribution in [2.75, 3.05) is 38.5 Å². The van der Waals surface area contributed by atoms with Crippen LogP contribution < -0.4 is 24.3 Å². The number of nitrogens with one attached hydrogen (secondary N) is 1. The van der Waals surface area contributed by atoms with E-state index in [2.05, 4.69) is 22.4 Å². The van der Waals surface area contributed by atoms with Gasteiger partial charge in [0.25, 0.3) is 0 Å². The summed E-state index contributed by atoms with van der Waals surface area (Å²) in [7, 11) is 3.18. The Bertz CT molecular complexity index is 1500. The molecule has 0 radical (unpaired) electrons. The van der Waals surface area contributed by atoms with E-state index in [1.807, 2.05) is 74.5 Å². The number of thioether (sulfide) groups is 1. The fraction of sp³-hybridized carbons (Fsp3) is 0.290. The van der Waals surface area contributed by atoms with Crippen molar-refractivity contribution < 1.29 is 23.7 Å². The molecule has 1 aromatic heterocycles. The Hall–Kier alpha value is -4.31. The molecule has 1 amide bonds. The smallest absolute Gasteiger partial charge is 0.234 e. The van der Waals surface area contributed by atoms with Crippen molar-refractivity contribution in [2.45, 2.75) is 32.3 Å². The van der Waals surface area contributed by atoms with Crippen LogP contribution in [0.3, 0.4) is 0 Å². The molecular weight excluding hydrogens is 540 g/mol. The van der Waals surface area contributed by atoms with E-state index >= 15 is 0 Å². The normalized spacial score (nSPS) is 10.7. The first-order valence-corrected chi connectivity index (χ1v) is 14.4. The van der Waals surface area contributed by atoms with Gasteiger partial charge in [-0.3, -0.25) is 4.79 Å². The predicted octanol–water partition coefficient (Wildman–Crippen LogP) is 6.31. The van der Waals surface area contributed by atoms with Gasteiger partial charge < -0.3 is 24.3 Å². The predicted molar refractivity (Wildman–Crippen MR) is 161 cm³/mol. The number of aryl methyl sites for hydroxylation is 1. The van der Waals surface area contributed by atoms with Crippen molar-refractivity contribution in [2.24, 2.45) is 0 Å². The summed E-state index contributed by atoms with van der Waals surface area (Å²) in [6.45, 7) is 6.91. The minimum atomic E-state index is -0.149. The van der Waals surface area contributed by atoms with Gasteiger partial charge in [-0.25, -0.2) is 4.98 Å². The van der Waals surface area contributed by atoms with E-state index in [1.54, 1.807) is 14.2 Å². The number of benzene rings is 3. The second-order valence-electron chi connectivity index (χ2n) is 8.74. The Balaban J connectivity index is 1.69. The minimum absolute atomic E-state index is 0.127. The van der Waals surface area contributed by atoms with Crippen LogP contribution in [0.1, 0.15) is 26.3 Å². The van der Waals surface area contributed by atoms with Crippen molar-refractivity contribution in [3.63, 3.8) is 0 Å². The fourth-order valence-corrected chi connectivity index (χ4v) is 4.80. The monoisotopic (exact) mass is 574 g/mol. The van der Waals surface area contributed by atoms with Crippen LogP contribution in [0.2, 0.25) is 0 Å². The number of para-hydroxylation sites is 1. The Morgan fingerprint density at radius 3 is 1.98 bits per heavy atom. The first-order chi connectivity index (χ1) is 20.0. The van der Waals surface area contributed by atoms with Crippen LogP contribution >= 0.6 is 11.8 Å². The van der Waals surface area contributed by atoms with Crippen LogP contribution in [-0.4, -0.2) is 54.3 Å². The van der Waals surface area contributed by atoms with Gasteiger partial charge in [0.2, 0.25) is 11.1 Å². The van der Waals surface area contributed by atoms with E-state index < -0.39 is 0 Å². The van der Waals surface area contributed by atoms with Gasteiger partial charge >= 0.3 is 0 Å². The Morgan fingerprint density at radius 1 is 0.780 bits per heavy atom. The average Bonchev–Trinajstić information content (AvgIpc) is 3.01. The highest BCUT2D eigenvalue weighted by molar-refractivity contribution is 7.99. The van der Waals surface area contributed by atoms with E-state index in [-0.39, 0.29) is 11.7 Å². The van der Waals surface area contributed by atoms with Gasteiger partial charge in [-0.2, -0.15) is 0 Å². The zero-order chi connectivity index (χ0) is 29.2. The molecule has 0 bridgehead atoms. The topological polar surface area (TPSA) is 105 Å². The summed E-state index contributed by atoms with van der Waals surface area (Å²) >= 11 is 1.21. The lowest BCUT2D eigenvalue weighted by molar-refractivity contribution is -0.113. The van der Waals surface area contributed by atoms with Crippen molar-refractivity contribution in [1.82, 2.24) is 15.2 Å². The molecule has 0 spiro atoms. The third-order valence-electron chi connectivity index (χ3n) is 6.15. The number of hydrogen-bond donors (Lipinski definition) is 1. The highest BCUT2D eigenvalue weighted by Crippen LogP contribution is 2.38. The lowest BCUT2D eigenvalue weighted by Gasteiger charge is -2.14. The number of rotatable bonds is 13. The molecule has 0 unspecified atom stereocenters. The molecule has 214 valence electrons. The number of anilines is 1. The SMILES string of the molecule is CCOc1ccc(-c2nnc(SCC(=O)Nc3ccccc3CC)nc2-c2ccc(OCC)c(OC)c2)cc1OC. The molecule has 4 aromatic rings. The summed E-state index contributed by atoms with van der Waals surface area (Å²) in [6, 6.07) is 18.9. The van der Waals surface area contributed by atoms with Crippen LogP contribution in [0.25, 0.3) is 22.5 Å². The molecule has 0 saturated carbocycles. The molecule has 1 heterocycles. The van der Waals surface area contributed by atoms with E-state index in [4.69, 9.17) is 23.9 Å². The lowest BCUT2D eigenvalue weighted by atomic mass is 10.0. The number of hydrogen-bond acceptors (Lipinski definition) is 9. The minimum Gasteiger partial charge on any atom is -0.493 e. The quantitative estimate of drug-likeness (QED) is 0.184. The van der Waals surface area contributed by atoms with Crippen molar-refractivity contribution in [3.8, 4) is 45.5 Å². The second-order valence-corrected chi connectivity index (χ2v) is 9.68. The van der Waals surface area contributed by atoms with E-state index in [0.717, 1.165) is 28.8 Å². The Morgan fingerprint density at radius 2 is 1.39 bits per heavy atom. The van der Waals surface area contributed by atoms with Gasteiger partial charge in [-0.05, 0) is 68.3 Å². The molecule has 0 aliphatic rings. The van der Waals surface area contributed by atoms with Gasteiger partial charge in [-0.1, -0.05) is 36.9 Å². The molecule has 9 nitrogen and oxygen atoms in total. The van der Waals surface area contributed by atoms with Gasteiger partial charge in [0.05, 0.1) is 33.2 Å². The number of carbonyl (C=O) groups is 1. The molecule has 1 N–H and O–H groups in total. The van der Waals surface area contributed by atoms with Crippen LogP contribution in [0.4, 0.5) is 5.69 Å². The van der Waals surface area contributed by atoms with E-state index in [1.165, 1.54) is 11.8 Å². The summed E-state index contributed by atoms with van der Waals surface area (Å²) < 4.78 is 22.5. The Kier molecular flexibility index (Phi) is 10.4. The third kappa shape index (κ3) is 7.26. The van der Waals surface area contributed by atoms with Gasteiger partial charge in [0.1, 0.15) is 11.4 Å². The van der Waals surface area contributed by atoms with Crippen LogP contribution in [0.5, 0.6) is 23.0 Å². The molecule has 0 fully saturated rings. The van der Waals surface area contributed by atoms with Crippen molar-refractivity contribution >= 4 is 23.4 Å². The molecular formula is C31H34N4O5S. The molecule has 3 aromatic carbocycles. The van der Waals surface area contributed by atoms with E-state index in [9.17, 15) is 4.79 Å². The first-order valence-electron chi connectivity index (χ1n) is 13.4. The maximum atomic E-state index is 12.8. The zero-order valence-electron chi connectivity index (χ0n) is 23.9. The molecule has 4 rings (SSSR count). The molecule has 0 atom stereocenters. The van der Waals surface area contributed by atoms with Gasteiger partial charge in [0, 0.05) is 16.8 Å². The molecule has 41 heavy (non-hydrogen) atoms. The van der Waals surface area contributed by atoms with Crippen molar-refractivity contribution in [1.29, 1.82) is 0 Å². The highest BCUT2D eigenvalue weighted by Gasteiger charge is 2.19. The second kappa shape index (κ2) is 14.4. The maximum Gasteiger partial charge on any atom is 0.234 e. The molecule has 0 aliphatic carbocycles. The fourth-order valence-electron chi connectivity index (χ4n) is 4.21. The maximum absolute atomic E-state index is 12.8. The molecule has 0 aliphatic heterocycles. The van der Waals surface area contributed by atoms with Gasteiger partial charge in [-0.15, -0.1) is 10.2 Å². The number of ether oxygens (including phenoxy) is 4. The Labute approximate surface area is 244 Å².